The normalized spacial score (nSPS) is 38.6. The molecule has 0 aromatic rings. The topological polar surface area (TPSA) is 37.3 Å². The first-order chi connectivity index (χ1) is 7.80. The summed E-state index contributed by atoms with van der Waals surface area (Å²) in [7, 11) is 0. The monoisotopic (exact) mass is 236 g/mol. The van der Waals surface area contributed by atoms with Crippen LogP contribution in [0.15, 0.2) is 11.6 Å². The van der Waals surface area contributed by atoms with Crippen molar-refractivity contribution >= 4 is 5.78 Å². The van der Waals surface area contributed by atoms with E-state index in [2.05, 4.69) is 6.92 Å². The molecule has 2 nitrogen and oxygen atoms in total. The van der Waals surface area contributed by atoms with Gasteiger partial charge in [0.25, 0.3) is 0 Å². The van der Waals surface area contributed by atoms with Crippen molar-refractivity contribution < 1.29 is 9.90 Å². The Bertz CT molecular complexity index is 348. The van der Waals surface area contributed by atoms with Crippen molar-refractivity contribution in [3.8, 4) is 0 Å². The molecule has 4 unspecified atom stereocenters. The van der Waals surface area contributed by atoms with Crippen LogP contribution in [0.3, 0.4) is 0 Å². The Hall–Kier alpha value is -0.630. The molecule has 0 aromatic carbocycles. The van der Waals surface area contributed by atoms with Gasteiger partial charge in [0.1, 0.15) is 0 Å². The van der Waals surface area contributed by atoms with E-state index in [9.17, 15) is 9.90 Å². The molecule has 96 valence electrons. The van der Waals surface area contributed by atoms with Crippen molar-refractivity contribution in [1.82, 2.24) is 0 Å². The summed E-state index contributed by atoms with van der Waals surface area (Å²) < 4.78 is 0. The largest absolute Gasteiger partial charge is 0.390 e. The minimum Gasteiger partial charge on any atom is -0.390 e. The van der Waals surface area contributed by atoms with Gasteiger partial charge in [-0.2, -0.15) is 0 Å². The Labute approximate surface area is 104 Å². The lowest BCUT2D eigenvalue weighted by molar-refractivity contribution is -0.118. The van der Waals surface area contributed by atoms with Gasteiger partial charge in [0.15, 0.2) is 5.78 Å². The summed E-state index contributed by atoms with van der Waals surface area (Å²) in [4.78, 5) is 11.8. The fourth-order valence-corrected chi connectivity index (χ4v) is 3.42. The van der Waals surface area contributed by atoms with Crippen LogP contribution in [0.25, 0.3) is 0 Å². The molecule has 2 heteroatoms. The fourth-order valence-electron chi connectivity index (χ4n) is 3.42. The van der Waals surface area contributed by atoms with Crippen LogP contribution >= 0.6 is 0 Å². The number of allylic oxidation sites excluding steroid dienone is 2. The number of rotatable bonds is 1. The second-order valence-corrected chi connectivity index (χ2v) is 6.51. The quantitative estimate of drug-likeness (QED) is 0.760. The van der Waals surface area contributed by atoms with E-state index in [0.717, 1.165) is 19.3 Å². The molecule has 0 saturated heterocycles. The van der Waals surface area contributed by atoms with E-state index in [1.54, 1.807) is 0 Å². The van der Waals surface area contributed by atoms with Gasteiger partial charge >= 0.3 is 0 Å². The van der Waals surface area contributed by atoms with Gasteiger partial charge in [0, 0.05) is 5.92 Å². The average Bonchev–Trinajstić information content (AvgIpc) is 2.40. The number of hydrogen-bond donors (Lipinski definition) is 1. The zero-order valence-electron chi connectivity index (χ0n) is 11.4. The number of ketones is 1. The van der Waals surface area contributed by atoms with Crippen LogP contribution in [-0.4, -0.2) is 16.5 Å². The van der Waals surface area contributed by atoms with Crippen molar-refractivity contribution in [2.45, 2.75) is 52.6 Å². The maximum absolute atomic E-state index is 11.8. The highest BCUT2D eigenvalue weighted by molar-refractivity contribution is 5.95. The standard InChI is InChI=1S/C15H24O2/c1-9-5-6-11(15(3,4)17)7-13-10(2)14(16)8-12(9)13/h8-11,13,17H,5-7H2,1-4H3. The maximum Gasteiger partial charge on any atom is 0.159 e. The van der Waals surface area contributed by atoms with Crippen LogP contribution < -0.4 is 0 Å². The number of fused-ring (bicyclic) bond motifs is 1. The molecule has 0 spiro atoms. The summed E-state index contributed by atoms with van der Waals surface area (Å²) in [5.41, 5.74) is 0.717. The van der Waals surface area contributed by atoms with Crippen molar-refractivity contribution in [2.75, 3.05) is 0 Å². The van der Waals surface area contributed by atoms with E-state index >= 15 is 0 Å². The van der Waals surface area contributed by atoms with Gasteiger partial charge < -0.3 is 5.11 Å². The second-order valence-electron chi connectivity index (χ2n) is 6.51. The van der Waals surface area contributed by atoms with E-state index in [1.807, 2.05) is 26.8 Å². The molecule has 17 heavy (non-hydrogen) atoms. The molecule has 2 aliphatic rings. The third kappa shape index (κ3) is 2.33. The van der Waals surface area contributed by atoms with Gasteiger partial charge in [0.05, 0.1) is 5.60 Å². The van der Waals surface area contributed by atoms with Crippen molar-refractivity contribution in [3.63, 3.8) is 0 Å². The van der Waals surface area contributed by atoms with E-state index < -0.39 is 5.60 Å². The van der Waals surface area contributed by atoms with Crippen LogP contribution in [-0.2, 0) is 4.79 Å². The van der Waals surface area contributed by atoms with Crippen LogP contribution in [0, 0.1) is 23.7 Å². The van der Waals surface area contributed by atoms with Crippen LogP contribution in [0.4, 0.5) is 0 Å². The highest BCUT2D eigenvalue weighted by Gasteiger charge is 2.41. The molecule has 1 N–H and O–H groups in total. The Kier molecular flexibility index (Phi) is 3.19. The molecule has 0 radical (unpaired) electrons. The molecule has 1 fully saturated rings. The number of aliphatic hydroxyl groups is 1. The van der Waals surface area contributed by atoms with Crippen molar-refractivity contribution in [3.05, 3.63) is 11.6 Å². The molecule has 0 amide bonds. The fraction of sp³-hybridized carbons (Fsp3) is 0.800. The number of carbonyl (C=O) groups excluding carboxylic acids is 1. The molecule has 0 heterocycles. The number of carbonyl (C=O) groups is 1. The summed E-state index contributed by atoms with van der Waals surface area (Å²) in [6.07, 6.45) is 5.01. The lowest BCUT2D eigenvalue weighted by Gasteiger charge is -2.31. The highest BCUT2D eigenvalue weighted by atomic mass is 16.3. The summed E-state index contributed by atoms with van der Waals surface area (Å²) in [5.74, 6) is 1.59. The SMILES string of the molecule is CC1CCC(C(C)(C)O)CC2C1=CC(=O)C2C. The Morgan fingerprint density at radius 1 is 1.29 bits per heavy atom. The molecule has 2 rings (SSSR count). The smallest absolute Gasteiger partial charge is 0.159 e. The van der Waals surface area contributed by atoms with E-state index in [4.69, 9.17) is 0 Å². The van der Waals surface area contributed by atoms with Gasteiger partial charge in [-0.25, -0.2) is 0 Å². The average molecular weight is 236 g/mol. The molecule has 0 bridgehead atoms. The molecule has 2 aliphatic carbocycles. The lowest BCUT2D eigenvalue weighted by Crippen LogP contribution is -2.32. The first kappa shape index (κ1) is 12.8. The van der Waals surface area contributed by atoms with Gasteiger partial charge in [-0.15, -0.1) is 0 Å². The first-order valence-corrected chi connectivity index (χ1v) is 6.78. The first-order valence-electron chi connectivity index (χ1n) is 6.78. The second kappa shape index (κ2) is 4.24. The van der Waals surface area contributed by atoms with Crippen molar-refractivity contribution in [1.29, 1.82) is 0 Å². The minimum atomic E-state index is -0.624. The van der Waals surface area contributed by atoms with E-state index in [0.29, 0.717) is 17.8 Å². The van der Waals surface area contributed by atoms with Gasteiger partial charge in [-0.1, -0.05) is 19.4 Å². The maximum atomic E-state index is 11.8. The zero-order valence-corrected chi connectivity index (χ0v) is 11.4. The van der Waals surface area contributed by atoms with Crippen LogP contribution in [0.2, 0.25) is 0 Å². The summed E-state index contributed by atoms with van der Waals surface area (Å²) in [6.45, 7) is 8.06. The van der Waals surface area contributed by atoms with Crippen molar-refractivity contribution in [2.24, 2.45) is 23.7 Å². The van der Waals surface area contributed by atoms with Gasteiger partial charge in [-0.3, -0.25) is 4.79 Å². The third-order valence-electron chi connectivity index (χ3n) is 4.84. The summed E-state index contributed by atoms with van der Waals surface area (Å²) in [5, 5.41) is 10.2. The van der Waals surface area contributed by atoms with Crippen LogP contribution in [0.1, 0.15) is 47.0 Å². The van der Waals surface area contributed by atoms with E-state index in [1.165, 1.54) is 5.57 Å². The highest BCUT2D eigenvalue weighted by Crippen LogP contribution is 2.45. The molecular weight excluding hydrogens is 212 g/mol. The molecule has 0 aliphatic heterocycles. The molecule has 0 aromatic heterocycles. The van der Waals surface area contributed by atoms with Gasteiger partial charge in [-0.05, 0) is 56.9 Å². The molecular formula is C15H24O2. The minimum absolute atomic E-state index is 0.121. The molecule has 1 saturated carbocycles. The van der Waals surface area contributed by atoms with Gasteiger partial charge in [0.2, 0.25) is 0 Å². The van der Waals surface area contributed by atoms with Crippen LogP contribution in [0.5, 0.6) is 0 Å². The Morgan fingerprint density at radius 2 is 1.94 bits per heavy atom. The summed E-state index contributed by atoms with van der Waals surface area (Å²) in [6, 6.07) is 0. The zero-order chi connectivity index (χ0) is 12.8. The molecule has 4 atom stereocenters. The van der Waals surface area contributed by atoms with E-state index in [-0.39, 0.29) is 11.7 Å². The predicted octanol–water partition coefficient (Wildman–Crippen LogP) is 2.95. The predicted molar refractivity (Wildman–Crippen MR) is 68.5 cm³/mol. The third-order valence-corrected chi connectivity index (χ3v) is 4.84. The lowest BCUT2D eigenvalue weighted by atomic mass is 9.78. The Balaban J connectivity index is 2.25. The number of hydrogen-bond acceptors (Lipinski definition) is 2. The summed E-state index contributed by atoms with van der Waals surface area (Å²) >= 11 is 0. The Morgan fingerprint density at radius 3 is 2.53 bits per heavy atom.